The van der Waals surface area contributed by atoms with Gasteiger partial charge in [0, 0.05) is 18.4 Å². The Balaban J connectivity index is 1.35. The Labute approximate surface area is 162 Å². The molecule has 0 fully saturated rings. The number of imidazole rings is 1. The van der Waals surface area contributed by atoms with E-state index in [0.29, 0.717) is 30.0 Å². The van der Waals surface area contributed by atoms with Gasteiger partial charge in [-0.05, 0) is 23.6 Å². The number of aromatic nitrogens is 4. The van der Waals surface area contributed by atoms with Crippen molar-refractivity contribution < 1.29 is 9.32 Å². The van der Waals surface area contributed by atoms with Gasteiger partial charge in [-0.2, -0.15) is 4.98 Å². The number of hydrogen-bond acceptors (Lipinski definition) is 5. The van der Waals surface area contributed by atoms with E-state index < -0.39 is 0 Å². The van der Waals surface area contributed by atoms with E-state index in [4.69, 9.17) is 4.52 Å². The number of rotatable bonds is 6. The lowest BCUT2D eigenvalue weighted by Crippen LogP contribution is -2.13. The van der Waals surface area contributed by atoms with Crippen LogP contribution in [0, 0.1) is 0 Å². The summed E-state index contributed by atoms with van der Waals surface area (Å²) in [6, 6.07) is 15.7. The molecule has 0 saturated heterocycles. The fourth-order valence-electron chi connectivity index (χ4n) is 2.92. The van der Waals surface area contributed by atoms with E-state index in [-0.39, 0.29) is 12.3 Å². The van der Waals surface area contributed by atoms with Crippen LogP contribution in [0.5, 0.6) is 0 Å². The van der Waals surface area contributed by atoms with Gasteiger partial charge in [-0.25, -0.2) is 4.98 Å². The second-order valence-corrected chi connectivity index (χ2v) is 6.94. The molecule has 0 aliphatic carbocycles. The molecule has 0 aliphatic heterocycles. The Morgan fingerprint density at radius 2 is 1.89 bits per heavy atom. The van der Waals surface area contributed by atoms with Gasteiger partial charge in [0.2, 0.25) is 23.6 Å². The van der Waals surface area contributed by atoms with Gasteiger partial charge in [0.25, 0.3) is 0 Å². The number of aryl methyl sites for hydroxylation is 1. The average molecular weight is 375 g/mol. The standard InChI is InChI=1S/C21H21N5O2/c1-13(2)14-7-9-15(10-8-14)20-25-19(28-26-20)12-11-18(27)24-21-22-16-5-3-4-6-17(16)23-21/h3-10,13H,11-12H2,1-2H3,(H2,22,23,24,27). The average Bonchev–Trinajstić information content (AvgIpc) is 3.33. The highest BCUT2D eigenvalue weighted by molar-refractivity contribution is 5.91. The van der Waals surface area contributed by atoms with Gasteiger partial charge in [0.1, 0.15) is 0 Å². The number of para-hydroxylation sites is 2. The summed E-state index contributed by atoms with van der Waals surface area (Å²) >= 11 is 0. The lowest BCUT2D eigenvalue weighted by atomic mass is 10.0. The Hall–Kier alpha value is -3.48. The lowest BCUT2D eigenvalue weighted by molar-refractivity contribution is -0.116. The molecule has 4 aromatic rings. The molecule has 1 amide bonds. The van der Waals surface area contributed by atoms with Gasteiger partial charge in [-0.3, -0.25) is 10.1 Å². The van der Waals surface area contributed by atoms with Crippen LogP contribution in [0.3, 0.4) is 0 Å². The molecule has 0 saturated carbocycles. The topological polar surface area (TPSA) is 96.7 Å². The molecular weight excluding hydrogens is 354 g/mol. The molecule has 7 nitrogen and oxygen atoms in total. The maximum absolute atomic E-state index is 12.2. The van der Waals surface area contributed by atoms with Gasteiger partial charge in [0.15, 0.2) is 0 Å². The molecule has 2 aromatic carbocycles. The minimum absolute atomic E-state index is 0.167. The number of carbonyl (C=O) groups excluding carboxylic acids is 1. The summed E-state index contributed by atoms with van der Waals surface area (Å²) < 4.78 is 5.28. The van der Waals surface area contributed by atoms with Crippen LogP contribution >= 0.6 is 0 Å². The highest BCUT2D eigenvalue weighted by Gasteiger charge is 2.12. The zero-order valence-electron chi connectivity index (χ0n) is 15.8. The lowest BCUT2D eigenvalue weighted by Gasteiger charge is -2.04. The molecule has 0 unspecified atom stereocenters. The first kappa shape index (κ1) is 17.9. The van der Waals surface area contributed by atoms with E-state index in [9.17, 15) is 4.79 Å². The fourth-order valence-corrected chi connectivity index (χ4v) is 2.92. The van der Waals surface area contributed by atoms with Crippen molar-refractivity contribution >= 4 is 22.9 Å². The van der Waals surface area contributed by atoms with Crippen LogP contribution < -0.4 is 5.32 Å². The zero-order chi connectivity index (χ0) is 19.5. The third-order valence-electron chi connectivity index (χ3n) is 4.52. The van der Waals surface area contributed by atoms with Crippen LogP contribution in [0.15, 0.2) is 53.1 Å². The van der Waals surface area contributed by atoms with Crippen LogP contribution in [0.25, 0.3) is 22.4 Å². The molecule has 2 N–H and O–H groups in total. The summed E-state index contributed by atoms with van der Waals surface area (Å²) in [5.41, 5.74) is 3.84. The Bertz CT molecular complexity index is 1060. The third-order valence-corrected chi connectivity index (χ3v) is 4.52. The van der Waals surface area contributed by atoms with Crippen molar-refractivity contribution in [3.05, 3.63) is 60.0 Å². The smallest absolute Gasteiger partial charge is 0.227 e. The van der Waals surface area contributed by atoms with E-state index in [1.807, 2.05) is 36.4 Å². The number of H-pyrrole nitrogens is 1. The second-order valence-electron chi connectivity index (χ2n) is 6.94. The van der Waals surface area contributed by atoms with E-state index in [1.54, 1.807) is 0 Å². The predicted molar refractivity (Wildman–Crippen MR) is 107 cm³/mol. The van der Waals surface area contributed by atoms with Crippen molar-refractivity contribution in [3.8, 4) is 11.4 Å². The number of benzene rings is 2. The molecular formula is C21H21N5O2. The molecule has 4 rings (SSSR count). The van der Waals surface area contributed by atoms with Crippen molar-refractivity contribution in [3.63, 3.8) is 0 Å². The number of amides is 1. The van der Waals surface area contributed by atoms with Crippen LogP contribution in [0.4, 0.5) is 5.95 Å². The maximum Gasteiger partial charge on any atom is 0.227 e. The Kier molecular flexibility index (Phi) is 4.89. The SMILES string of the molecule is CC(C)c1ccc(-c2noc(CCC(=O)Nc3nc4ccccc4[nH]3)n2)cc1. The predicted octanol–water partition coefficient (Wildman–Crippen LogP) is 4.31. The molecule has 2 heterocycles. The summed E-state index contributed by atoms with van der Waals surface area (Å²) in [6.45, 7) is 4.30. The van der Waals surface area contributed by atoms with Crippen molar-refractivity contribution in [2.24, 2.45) is 0 Å². The number of anilines is 1. The molecule has 0 bridgehead atoms. The molecule has 142 valence electrons. The highest BCUT2D eigenvalue weighted by atomic mass is 16.5. The van der Waals surface area contributed by atoms with E-state index >= 15 is 0 Å². The van der Waals surface area contributed by atoms with Gasteiger partial charge in [-0.1, -0.05) is 55.4 Å². The normalized spacial score (nSPS) is 11.2. The monoisotopic (exact) mass is 375 g/mol. The number of nitrogens with zero attached hydrogens (tertiary/aromatic N) is 3. The molecule has 2 aromatic heterocycles. The number of aromatic amines is 1. The third kappa shape index (κ3) is 3.93. The van der Waals surface area contributed by atoms with Crippen molar-refractivity contribution in [1.82, 2.24) is 20.1 Å². The number of fused-ring (bicyclic) bond motifs is 1. The van der Waals surface area contributed by atoms with Gasteiger partial charge in [0.05, 0.1) is 11.0 Å². The summed E-state index contributed by atoms with van der Waals surface area (Å²) in [5.74, 6) is 1.70. The van der Waals surface area contributed by atoms with E-state index in [2.05, 4.69) is 51.4 Å². The van der Waals surface area contributed by atoms with Crippen LogP contribution in [-0.2, 0) is 11.2 Å². The first-order valence-corrected chi connectivity index (χ1v) is 9.26. The minimum atomic E-state index is -0.167. The largest absolute Gasteiger partial charge is 0.339 e. The second kappa shape index (κ2) is 7.64. The van der Waals surface area contributed by atoms with Crippen molar-refractivity contribution in [2.45, 2.75) is 32.6 Å². The summed E-state index contributed by atoms with van der Waals surface area (Å²) in [4.78, 5) is 24.0. The van der Waals surface area contributed by atoms with Crippen molar-refractivity contribution in [1.29, 1.82) is 0 Å². The first-order chi connectivity index (χ1) is 13.6. The van der Waals surface area contributed by atoms with E-state index in [1.165, 1.54) is 5.56 Å². The van der Waals surface area contributed by atoms with Gasteiger partial charge >= 0.3 is 0 Å². The fraction of sp³-hybridized carbons (Fsp3) is 0.238. The van der Waals surface area contributed by atoms with Crippen molar-refractivity contribution in [2.75, 3.05) is 5.32 Å². The molecule has 0 atom stereocenters. The maximum atomic E-state index is 12.2. The van der Waals surface area contributed by atoms with Gasteiger partial charge < -0.3 is 9.51 Å². The highest BCUT2D eigenvalue weighted by Crippen LogP contribution is 2.21. The zero-order valence-corrected chi connectivity index (χ0v) is 15.8. The van der Waals surface area contributed by atoms with Crippen LogP contribution in [0.1, 0.15) is 37.6 Å². The molecule has 0 radical (unpaired) electrons. The summed E-state index contributed by atoms with van der Waals surface area (Å²) in [5, 5.41) is 6.78. The Morgan fingerprint density at radius 1 is 1.11 bits per heavy atom. The quantitative estimate of drug-likeness (QED) is 0.523. The van der Waals surface area contributed by atoms with Crippen LogP contribution in [-0.4, -0.2) is 26.0 Å². The minimum Gasteiger partial charge on any atom is -0.339 e. The van der Waals surface area contributed by atoms with E-state index in [0.717, 1.165) is 16.6 Å². The molecule has 0 spiro atoms. The summed E-state index contributed by atoms with van der Waals surface area (Å²) in [6.07, 6.45) is 0.591. The van der Waals surface area contributed by atoms with Gasteiger partial charge in [-0.15, -0.1) is 0 Å². The number of carbonyl (C=O) groups is 1. The molecule has 28 heavy (non-hydrogen) atoms. The molecule has 0 aliphatic rings. The number of nitrogens with one attached hydrogen (secondary N) is 2. The summed E-state index contributed by atoms with van der Waals surface area (Å²) in [7, 11) is 0. The van der Waals surface area contributed by atoms with Crippen LogP contribution in [0.2, 0.25) is 0 Å². The first-order valence-electron chi connectivity index (χ1n) is 9.26. The molecule has 7 heteroatoms. The Morgan fingerprint density at radius 3 is 2.64 bits per heavy atom. The number of hydrogen-bond donors (Lipinski definition) is 2.